The lowest BCUT2D eigenvalue weighted by Gasteiger charge is -2.04. The van der Waals surface area contributed by atoms with E-state index in [0.29, 0.717) is 0 Å². The average molecular weight is 220 g/mol. The van der Waals surface area contributed by atoms with Gasteiger partial charge in [0.1, 0.15) is 5.84 Å². The third-order valence-electron chi connectivity index (χ3n) is 2.79. The molecule has 0 aromatic rings. The van der Waals surface area contributed by atoms with E-state index in [1.165, 1.54) is 44.9 Å². The Morgan fingerprint density at radius 3 is 2.56 bits per heavy atom. The van der Waals surface area contributed by atoms with Crippen molar-refractivity contribution in [2.45, 2.75) is 58.3 Å². The van der Waals surface area contributed by atoms with E-state index in [1.54, 1.807) is 0 Å². The molecule has 1 rings (SSSR count). The number of nitrogens with zero attached hydrogens (tertiary/aromatic N) is 1. The lowest BCUT2D eigenvalue weighted by Crippen LogP contribution is -2.15. The molecule has 0 aromatic heterocycles. The van der Waals surface area contributed by atoms with Crippen LogP contribution in [0.15, 0.2) is 29.5 Å². The molecule has 0 bridgehead atoms. The molecule has 0 aromatic carbocycles. The summed E-state index contributed by atoms with van der Waals surface area (Å²) in [4.78, 5) is 4.33. The molecule has 0 fully saturated rings. The van der Waals surface area contributed by atoms with Gasteiger partial charge in [-0.15, -0.1) is 0 Å². The number of nitrogens with one attached hydrogen (secondary N) is 1. The van der Waals surface area contributed by atoms with Gasteiger partial charge in [0, 0.05) is 18.8 Å². The van der Waals surface area contributed by atoms with Gasteiger partial charge in [-0.2, -0.15) is 0 Å². The third-order valence-corrected chi connectivity index (χ3v) is 2.79. The van der Waals surface area contributed by atoms with Crippen LogP contribution in [0.3, 0.4) is 0 Å². The average Bonchev–Trinajstić information content (AvgIpc) is 2.56. The van der Waals surface area contributed by atoms with Crippen LogP contribution < -0.4 is 5.32 Å². The Morgan fingerprint density at radius 1 is 1.00 bits per heavy atom. The van der Waals surface area contributed by atoms with Crippen molar-refractivity contribution >= 4 is 5.84 Å². The van der Waals surface area contributed by atoms with Gasteiger partial charge in [0.25, 0.3) is 0 Å². The highest BCUT2D eigenvalue weighted by atomic mass is 15.0. The van der Waals surface area contributed by atoms with Gasteiger partial charge in [0.15, 0.2) is 0 Å². The molecule has 0 unspecified atom stereocenters. The lowest BCUT2D eigenvalue weighted by molar-refractivity contribution is 0.594. The van der Waals surface area contributed by atoms with Gasteiger partial charge in [-0.1, -0.05) is 45.4 Å². The van der Waals surface area contributed by atoms with E-state index in [9.17, 15) is 0 Å². The number of aliphatic imine (C=N–C) groups is 1. The van der Waals surface area contributed by atoms with Crippen molar-refractivity contribution in [3.05, 3.63) is 24.6 Å². The molecule has 90 valence electrons. The first kappa shape index (κ1) is 13.0. The maximum absolute atomic E-state index is 4.33. The Kier molecular flexibility index (Phi) is 7.48. The van der Waals surface area contributed by atoms with Crippen molar-refractivity contribution in [2.75, 3.05) is 0 Å². The second-order valence-electron chi connectivity index (χ2n) is 4.29. The second-order valence-corrected chi connectivity index (χ2v) is 4.29. The summed E-state index contributed by atoms with van der Waals surface area (Å²) in [7, 11) is 0. The van der Waals surface area contributed by atoms with Crippen LogP contribution in [0.2, 0.25) is 0 Å². The van der Waals surface area contributed by atoms with Gasteiger partial charge in [0.2, 0.25) is 0 Å². The Labute approximate surface area is 99.5 Å². The Balaban J connectivity index is 1.96. The zero-order valence-electron chi connectivity index (χ0n) is 10.4. The highest BCUT2D eigenvalue weighted by Crippen LogP contribution is 2.08. The Bertz CT molecular complexity index is 251. The molecule has 0 spiro atoms. The summed E-state index contributed by atoms with van der Waals surface area (Å²) in [6.45, 7) is 2.26. The van der Waals surface area contributed by atoms with Crippen molar-refractivity contribution in [2.24, 2.45) is 4.99 Å². The van der Waals surface area contributed by atoms with Crippen LogP contribution in [0.4, 0.5) is 0 Å². The smallest absolute Gasteiger partial charge is 0.105 e. The van der Waals surface area contributed by atoms with Crippen LogP contribution in [0.5, 0.6) is 0 Å². The number of hydrogen-bond donors (Lipinski definition) is 1. The highest BCUT2D eigenvalue weighted by molar-refractivity contribution is 5.83. The van der Waals surface area contributed by atoms with Crippen LogP contribution in [0.1, 0.15) is 58.3 Å². The summed E-state index contributed by atoms with van der Waals surface area (Å²) in [6, 6.07) is 0. The van der Waals surface area contributed by atoms with Crippen LogP contribution in [-0.2, 0) is 0 Å². The number of unbranched alkanes of at least 4 members (excludes halogenated alkanes) is 6. The molecule has 2 nitrogen and oxygen atoms in total. The van der Waals surface area contributed by atoms with Gasteiger partial charge in [-0.05, 0) is 18.6 Å². The predicted octanol–water partition coefficient (Wildman–Crippen LogP) is 4.16. The summed E-state index contributed by atoms with van der Waals surface area (Å²) in [5.74, 6) is 1.10. The summed E-state index contributed by atoms with van der Waals surface area (Å²) in [5.41, 5.74) is 0. The first-order chi connectivity index (χ1) is 7.93. The first-order valence-electron chi connectivity index (χ1n) is 6.58. The topological polar surface area (TPSA) is 24.4 Å². The van der Waals surface area contributed by atoms with Gasteiger partial charge >= 0.3 is 0 Å². The molecule has 16 heavy (non-hydrogen) atoms. The number of allylic oxidation sites excluding steroid dienone is 2. The van der Waals surface area contributed by atoms with Gasteiger partial charge in [-0.25, -0.2) is 4.99 Å². The molecule has 0 atom stereocenters. The fourth-order valence-electron chi connectivity index (χ4n) is 1.81. The van der Waals surface area contributed by atoms with E-state index in [4.69, 9.17) is 0 Å². The van der Waals surface area contributed by atoms with Crippen molar-refractivity contribution < 1.29 is 0 Å². The normalized spacial score (nSPS) is 14.4. The van der Waals surface area contributed by atoms with E-state index in [0.717, 1.165) is 12.3 Å². The largest absolute Gasteiger partial charge is 0.350 e. The molecule has 1 aliphatic rings. The third kappa shape index (κ3) is 6.44. The zero-order chi connectivity index (χ0) is 11.5. The Hall–Kier alpha value is -1.05. The monoisotopic (exact) mass is 220 g/mol. The first-order valence-corrected chi connectivity index (χ1v) is 6.58. The van der Waals surface area contributed by atoms with E-state index in [-0.39, 0.29) is 0 Å². The van der Waals surface area contributed by atoms with Crippen molar-refractivity contribution in [3.8, 4) is 0 Å². The maximum atomic E-state index is 4.33. The molecule has 0 amide bonds. The molecule has 1 N–H and O–H groups in total. The van der Waals surface area contributed by atoms with Crippen LogP contribution in [0, 0.1) is 0 Å². The van der Waals surface area contributed by atoms with Gasteiger partial charge in [-0.3, -0.25) is 0 Å². The summed E-state index contributed by atoms with van der Waals surface area (Å²) in [6.07, 6.45) is 18.3. The van der Waals surface area contributed by atoms with Crippen LogP contribution in [-0.4, -0.2) is 5.84 Å². The summed E-state index contributed by atoms with van der Waals surface area (Å²) >= 11 is 0. The van der Waals surface area contributed by atoms with E-state index in [1.807, 2.05) is 24.6 Å². The molecule has 1 heterocycles. The van der Waals surface area contributed by atoms with E-state index < -0.39 is 0 Å². The predicted molar refractivity (Wildman–Crippen MR) is 71.5 cm³/mol. The van der Waals surface area contributed by atoms with Gasteiger partial charge in [0.05, 0.1) is 0 Å². The lowest BCUT2D eigenvalue weighted by atomic mass is 10.1. The summed E-state index contributed by atoms with van der Waals surface area (Å²) < 4.78 is 0. The standard InChI is InChI=1S/C14H24N2/c1-2-3-4-5-6-7-8-11-14-15-12-9-10-13-16-14/h9-10,12-13H,2-8,11H2,1H3,(H,15,16). The van der Waals surface area contributed by atoms with Crippen molar-refractivity contribution in [3.63, 3.8) is 0 Å². The fraction of sp³-hybridized carbons (Fsp3) is 0.643. The molecule has 0 radical (unpaired) electrons. The quantitative estimate of drug-likeness (QED) is 0.610. The van der Waals surface area contributed by atoms with Crippen molar-refractivity contribution in [1.29, 1.82) is 0 Å². The second kappa shape index (κ2) is 9.20. The number of hydrogen-bond acceptors (Lipinski definition) is 2. The minimum atomic E-state index is 1.07. The number of amidine groups is 1. The van der Waals surface area contributed by atoms with E-state index in [2.05, 4.69) is 17.2 Å². The molecule has 0 saturated carbocycles. The number of rotatable bonds is 8. The summed E-state index contributed by atoms with van der Waals surface area (Å²) in [5, 5.41) is 3.20. The van der Waals surface area contributed by atoms with Crippen molar-refractivity contribution in [1.82, 2.24) is 5.32 Å². The van der Waals surface area contributed by atoms with Gasteiger partial charge < -0.3 is 5.32 Å². The maximum Gasteiger partial charge on any atom is 0.105 e. The highest BCUT2D eigenvalue weighted by Gasteiger charge is 1.97. The Morgan fingerprint density at radius 2 is 1.75 bits per heavy atom. The molecule has 0 saturated heterocycles. The van der Waals surface area contributed by atoms with E-state index >= 15 is 0 Å². The minimum Gasteiger partial charge on any atom is -0.350 e. The fourth-order valence-corrected chi connectivity index (χ4v) is 1.81. The molecule has 2 heteroatoms. The SMILES string of the molecule is CCCCCCCCCC1=NC=CC=CN1. The van der Waals surface area contributed by atoms with Crippen LogP contribution in [0.25, 0.3) is 0 Å². The van der Waals surface area contributed by atoms with Crippen LogP contribution >= 0.6 is 0 Å². The molecule has 0 aliphatic carbocycles. The molecular formula is C14H24N2. The molecular weight excluding hydrogens is 196 g/mol. The zero-order valence-corrected chi connectivity index (χ0v) is 10.4. The minimum absolute atomic E-state index is 1.07. The molecule has 1 aliphatic heterocycles.